The van der Waals surface area contributed by atoms with Crippen LogP contribution in [0.1, 0.15) is 22.5 Å². The normalized spacial score (nSPS) is 10.9. The molecule has 0 atom stereocenters. The molecule has 0 bridgehead atoms. The summed E-state index contributed by atoms with van der Waals surface area (Å²) in [5.74, 6) is 0. The van der Waals surface area contributed by atoms with Crippen LogP contribution < -0.4 is 10.6 Å². The van der Waals surface area contributed by atoms with Gasteiger partial charge in [-0.15, -0.1) is 0 Å². The van der Waals surface area contributed by atoms with Crippen LogP contribution >= 0.6 is 51.3 Å². The van der Waals surface area contributed by atoms with Crippen molar-refractivity contribution in [3.63, 3.8) is 0 Å². The maximum Gasteiger partial charge on any atom is 0.175 e. The number of anilines is 2. The number of benzene rings is 2. The average Bonchev–Trinajstić information content (AvgIpc) is 3.31. The van der Waals surface area contributed by atoms with Gasteiger partial charge >= 0.3 is 0 Å². The summed E-state index contributed by atoms with van der Waals surface area (Å²) in [5.41, 5.74) is 5.67. The topological polar surface area (TPSA) is 59.7 Å². The van der Waals surface area contributed by atoms with Crippen molar-refractivity contribution in [2.24, 2.45) is 0 Å². The van der Waals surface area contributed by atoms with Crippen LogP contribution in [-0.4, -0.2) is 24.7 Å². The van der Waals surface area contributed by atoms with Crippen LogP contribution in [0.15, 0.2) is 59.3 Å². The summed E-state index contributed by atoms with van der Waals surface area (Å²) in [5, 5.41) is 17.1. The van der Waals surface area contributed by atoms with E-state index in [4.69, 9.17) is 35.4 Å². The summed E-state index contributed by atoms with van der Waals surface area (Å²) >= 11 is 21.1. The van der Waals surface area contributed by atoms with Crippen molar-refractivity contribution in [1.82, 2.24) is 19.6 Å². The molecule has 33 heavy (non-hydrogen) atoms. The second-order valence-corrected chi connectivity index (χ2v) is 9.72. The van der Waals surface area contributed by atoms with Gasteiger partial charge in [0.2, 0.25) is 0 Å². The summed E-state index contributed by atoms with van der Waals surface area (Å²) in [4.78, 5) is 0. The predicted octanol–water partition coefficient (Wildman–Crippen LogP) is 6.67. The zero-order valence-corrected chi connectivity index (χ0v) is 21.9. The van der Waals surface area contributed by atoms with E-state index < -0.39 is 0 Å². The van der Waals surface area contributed by atoms with Gasteiger partial charge in [-0.1, -0.05) is 57.3 Å². The number of aryl methyl sites for hydroxylation is 1. The molecule has 0 spiro atoms. The second-order valence-electron chi connectivity index (χ2n) is 7.58. The largest absolute Gasteiger partial charge is 0.330 e. The van der Waals surface area contributed by atoms with Crippen molar-refractivity contribution >= 4 is 67.8 Å². The number of hydrogen-bond donors (Lipinski definition) is 2. The molecule has 0 unspecified atom stereocenters. The molecule has 0 fully saturated rings. The molecule has 2 aromatic heterocycles. The van der Waals surface area contributed by atoms with E-state index in [9.17, 15) is 0 Å². The highest BCUT2D eigenvalue weighted by Gasteiger charge is 2.14. The van der Waals surface area contributed by atoms with E-state index in [-0.39, 0.29) is 0 Å². The Kier molecular flexibility index (Phi) is 7.38. The van der Waals surface area contributed by atoms with E-state index in [1.165, 1.54) is 0 Å². The Bertz CT molecular complexity index is 1300. The van der Waals surface area contributed by atoms with Crippen molar-refractivity contribution in [2.75, 3.05) is 10.6 Å². The molecule has 0 aliphatic rings. The van der Waals surface area contributed by atoms with Crippen LogP contribution in [0.5, 0.6) is 0 Å². The quantitative estimate of drug-likeness (QED) is 0.256. The number of nitrogens with zero attached hydrogens (tertiary/aromatic N) is 4. The molecule has 6 nitrogen and oxygen atoms in total. The van der Waals surface area contributed by atoms with Gasteiger partial charge in [0, 0.05) is 10.7 Å². The smallest absolute Gasteiger partial charge is 0.175 e. The standard InChI is InChI=1S/C23H21BrCl2N6S/c1-14-22(15(2)32(30-14)12-17-5-8-20(25)21(26)9-17)29-23(33)28-19-10-27-31(13-19)11-16-3-6-18(24)7-4-16/h3-10,13H,11-12H2,1-2H3,(H2,28,29,33). The van der Waals surface area contributed by atoms with Gasteiger partial charge in [-0.05, 0) is 61.5 Å². The van der Waals surface area contributed by atoms with Gasteiger partial charge in [0.25, 0.3) is 0 Å². The molecule has 0 saturated heterocycles. The number of rotatable bonds is 6. The first-order valence-electron chi connectivity index (χ1n) is 10.1. The van der Waals surface area contributed by atoms with Crippen molar-refractivity contribution in [2.45, 2.75) is 26.9 Å². The van der Waals surface area contributed by atoms with Crippen molar-refractivity contribution in [1.29, 1.82) is 0 Å². The van der Waals surface area contributed by atoms with Gasteiger partial charge in [-0.25, -0.2) is 0 Å². The highest BCUT2D eigenvalue weighted by molar-refractivity contribution is 9.10. The second kappa shape index (κ2) is 10.3. The molecule has 170 valence electrons. The molecule has 0 amide bonds. The Morgan fingerprint density at radius 2 is 1.73 bits per heavy atom. The van der Waals surface area contributed by atoms with Gasteiger partial charge in [0.05, 0.1) is 52.1 Å². The number of halogens is 3. The summed E-state index contributed by atoms with van der Waals surface area (Å²) < 4.78 is 4.83. The Morgan fingerprint density at radius 1 is 1.00 bits per heavy atom. The Balaban J connectivity index is 1.40. The highest BCUT2D eigenvalue weighted by Crippen LogP contribution is 2.25. The molecule has 4 aromatic rings. The SMILES string of the molecule is Cc1nn(Cc2ccc(Cl)c(Cl)c2)c(C)c1NC(=S)Nc1cnn(Cc2ccc(Br)cc2)c1. The van der Waals surface area contributed by atoms with Crippen molar-refractivity contribution < 1.29 is 0 Å². The molecule has 2 heterocycles. The lowest BCUT2D eigenvalue weighted by molar-refractivity contribution is 0.659. The van der Waals surface area contributed by atoms with Crippen LogP contribution in [0.2, 0.25) is 10.0 Å². The van der Waals surface area contributed by atoms with Crippen LogP contribution in [0.25, 0.3) is 0 Å². The number of nitrogens with one attached hydrogen (secondary N) is 2. The molecule has 0 aliphatic heterocycles. The molecule has 2 aromatic carbocycles. The van der Waals surface area contributed by atoms with E-state index in [1.54, 1.807) is 12.3 Å². The molecule has 2 N–H and O–H groups in total. The Labute approximate surface area is 216 Å². The molecule has 10 heteroatoms. The van der Waals surface area contributed by atoms with Crippen molar-refractivity contribution in [3.8, 4) is 0 Å². The van der Waals surface area contributed by atoms with E-state index in [0.29, 0.717) is 28.2 Å². The minimum atomic E-state index is 0.471. The summed E-state index contributed by atoms with van der Waals surface area (Å²) in [7, 11) is 0. The maximum atomic E-state index is 6.15. The molecule has 0 radical (unpaired) electrons. The van der Waals surface area contributed by atoms with Crippen LogP contribution in [0, 0.1) is 13.8 Å². The fraction of sp³-hybridized carbons (Fsp3) is 0.174. The lowest BCUT2D eigenvalue weighted by Gasteiger charge is -2.10. The Hall–Kier alpha value is -2.39. The maximum absolute atomic E-state index is 6.15. The number of aromatic nitrogens is 4. The minimum absolute atomic E-state index is 0.471. The summed E-state index contributed by atoms with van der Waals surface area (Å²) in [6.45, 7) is 5.20. The van der Waals surface area contributed by atoms with E-state index in [1.807, 2.05) is 53.7 Å². The molecular weight excluding hydrogens is 543 g/mol. The highest BCUT2D eigenvalue weighted by atomic mass is 79.9. The predicted molar refractivity (Wildman–Crippen MR) is 143 cm³/mol. The third-order valence-corrected chi connectivity index (χ3v) is 6.56. The third-order valence-electron chi connectivity index (χ3n) is 5.09. The third kappa shape index (κ3) is 5.95. The van der Waals surface area contributed by atoms with Crippen LogP contribution in [0.3, 0.4) is 0 Å². The average molecular weight is 564 g/mol. The van der Waals surface area contributed by atoms with Crippen molar-refractivity contribution in [3.05, 3.63) is 91.9 Å². The van der Waals surface area contributed by atoms with E-state index in [0.717, 1.165) is 38.4 Å². The van der Waals surface area contributed by atoms with Crippen LogP contribution in [-0.2, 0) is 13.1 Å². The van der Waals surface area contributed by atoms with Gasteiger partial charge in [0.15, 0.2) is 5.11 Å². The number of thiocarbonyl (C=S) groups is 1. The van der Waals surface area contributed by atoms with E-state index in [2.05, 4.69) is 48.9 Å². The zero-order valence-electron chi connectivity index (χ0n) is 17.9. The summed E-state index contributed by atoms with van der Waals surface area (Å²) in [6.07, 6.45) is 3.67. The lowest BCUT2D eigenvalue weighted by Crippen LogP contribution is -2.19. The van der Waals surface area contributed by atoms with Gasteiger partial charge in [0.1, 0.15) is 0 Å². The van der Waals surface area contributed by atoms with Gasteiger partial charge in [-0.2, -0.15) is 10.2 Å². The Morgan fingerprint density at radius 3 is 2.45 bits per heavy atom. The first-order chi connectivity index (χ1) is 15.8. The van der Waals surface area contributed by atoms with E-state index >= 15 is 0 Å². The van der Waals surface area contributed by atoms with Gasteiger partial charge < -0.3 is 10.6 Å². The minimum Gasteiger partial charge on any atom is -0.330 e. The molecular formula is C23H21BrCl2N6S. The first kappa shape index (κ1) is 23.8. The molecule has 4 rings (SSSR count). The van der Waals surface area contributed by atoms with Crippen LogP contribution in [0.4, 0.5) is 11.4 Å². The zero-order chi connectivity index (χ0) is 23.5. The molecule has 0 saturated carbocycles. The first-order valence-corrected chi connectivity index (χ1v) is 12.1. The molecule has 0 aliphatic carbocycles. The number of hydrogen-bond acceptors (Lipinski definition) is 3. The lowest BCUT2D eigenvalue weighted by atomic mass is 10.2. The monoisotopic (exact) mass is 562 g/mol. The summed E-state index contributed by atoms with van der Waals surface area (Å²) in [6, 6.07) is 13.7. The fourth-order valence-corrected chi connectivity index (χ4v) is 4.21. The fourth-order valence-electron chi connectivity index (χ4n) is 3.41. The van der Waals surface area contributed by atoms with Gasteiger partial charge in [-0.3, -0.25) is 9.36 Å².